The van der Waals surface area contributed by atoms with Crippen molar-refractivity contribution in [2.24, 2.45) is 0 Å². The van der Waals surface area contributed by atoms with Crippen LogP contribution in [-0.4, -0.2) is 47.6 Å². The van der Waals surface area contributed by atoms with E-state index in [-0.39, 0.29) is 23.1 Å². The normalized spacial score (nSPS) is 12.2. The number of fused-ring (bicyclic) bond motifs is 1. The van der Waals surface area contributed by atoms with Gasteiger partial charge in [0.15, 0.2) is 0 Å². The van der Waals surface area contributed by atoms with E-state index >= 15 is 0 Å². The van der Waals surface area contributed by atoms with Crippen LogP contribution in [0.5, 0.6) is 5.88 Å². The van der Waals surface area contributed by atoms with E-state index in [1.54, 1.807) is 29.8 Å². The summed E-state index contributed by atoms with van der Waals surface area (Å²) in [6, 6.07) is 6.29. The Morgan fingerprint density at radius 1 is 1.33 bits per heavy atom. The number of nitrogens with zero attached hydrogens (tertiary/aromatic N) is 3. The van der Waals surface area contributed by atoms with Crippen molar-refractivity contribution in [1.82, 2.24) is 19.5 Å². The Morgan fingerprint density at radius 2 is 2.03 bits per heavy atom. The lowest BCUT2D eigenvalue weighted by Crippen LogP contribution is -2.29. The van der Waals surface area contributed by atoms with Gasteiger partial charge in [0.1, 0.15) is 17.3 Å². The number of amides is 1. The Balaban J connectivity index is 1.95. The lowest BCUT2D eigenvalue weighted by atomic mass is 10.1. The fourth-order valence-electron chi connectivity index (χ4n) is 2.71. The molecule has 160 valence electrons. The summed E-state index contributed by atoms with van der Waals surface area (Å²) in [5, 5.41) is 5.31. The first-order valence-electron chi connectivity index (χ1n) is 8.83. The van der Waals surface area contributed by atoms with Gasteiger partial charge in [0.05, 0.1) is 29.4 Å². The topological polar surface area (TPSA) is 103 Å². The van der Waals surface area contributed by atoms with E-state index in [9.17, 15) is 17.6 Å². The lowest BCUT2D eigenvalue weighted by Gasteiger charge is -2.15. The Kier molecular flexibility index (Phi) is 5.74. The number of benzene rings is 1. The average molecular weight is 455 g/mol. The Bertz CT molecular complexity index is 1240. The highest BCUT2D eigenvalue weighted by Gasteiger charge is 2.19. The number of ether oxygens (including phenoxy) is 1. The van der Waals surface area contributed by atoms with Gasteiger partial charge in [-0.25, -0.2) is 27.2 Å². The van der Waals surface area contributed by atoms with Crippen LogP contribution in [0.3, 0.4) is 0 Å². The Labute approximate surface area is 178 Å². The summed E-state index contributed by atoms with van der Waals surface area (Å²) in [5.41, 5.74) is 0.483. The number of hydrogen-bond donors (Lipinski definition) is 1. The summed E-state index contributed by atoms with van der Waals surface area (Å²) >= 11 is 6.23. The standard InChI is InChI=1S/C19H20ClFN4O4S/c1-11-14-7-12(17(26)24-30(4,27)28)5-6-16(14)25(23-11)13-8-15(20)18(22-9-13)29-10-19(2,3)21/h5-9H,10H2,1-4H3,(H,24,26). The molecule has 3 rings (SSSR count). The number of halogens is 2. The zero-order valence-electron chi connectivity index (χ0n) is 16.7. The summed E-state index contributed by atoms with van der Waals surface area (Å²) in [6.07, 6.45) is 2.40. The predicted molar refractivity (Wildman–Crippen MR) is 112 cm³/mol. The second kappa shape index (κ2) is 7.84. The van der Waals surface area contributed by atoms with E-state index in [0.29, 0.717) is 22.3 Å². The molecule has 0 saturated carbocycles. The number of nitrogens with one attached hydrogen (secondary N) is 1. The first kappa shape index (κ1) is 22.0. The van der Waals surface area contributed by atoms with Crippen LogP contribution in [-0.2, 0) is 10.0 Å². The number of sulfonamides is 1. The highest BCUT2D eigenvalue weighted by atomic mass is 35.5. The number of hydrogen-bond acceptors (Lipinski definition) is 6. The molecule has 8 nitrogen and oxygen atoms in total. The summed E-state index contributed by atoms with van der Waals surface area (Å²) in [6.45, 7) is 4.34. The van der Waals surface area contributed by atoms with Gasteiger partial charge in [0.2, 0.25) is 15.9 Å². The van der Waals surface area contributed by atoms with Crippen molar-refractivity contribution >= 4 is 38.4 Å². The monoisotopic (exact) mass is 454 g/mol. The van der Waals surface area contributed by atoms with Gasteiger partial charge in [-0.05, 0) is 45.0 Å². The fourth-order valence-corrected chi connectivity index (χ4v) is 3.38. The van der Waals surface area contributed by atoms with Crippen molar-refractivity contribution in [3.8, 4) is 11.6 Å². The molecule has 0 aliphatic rings. The van der Waals surface area contributed by atoms with E-state index in [1.165, 1.54) is 26.1 Å². The van der Waals surface area contributed by atoms with Gasteiger partial charge >= 0.3 is 0 Å². The smallest absolute Gasteiger partial charge is 0.264 e. The molecule has 30 heavy (non-hydrogen) atoms. The Hall–Kier alpha value is -2.72. The van der Waals surface area contributed by atoms with Gasteiger partial charge in [-0.15, -0.1) is 0 Å². The summed E-state index contributed by atoms with van der Waals surface area (Å²) in [5.74, 6) is -0.618. The molecule has 0 radical (unpaired) electrons. The molecule has 0 aliphatic heterocycles. The minimum atomic E-state index is -3.67. The van der Waals surface area contributed by atoms with Crippen LogP contribution in [0.1, 0.15) is 29.9 Å². The van der Waals surface area contributed by atoms with Crippen LogP contribution in [0, 0.1) is 6.92 Å². The van der Waals surface area contributed by atoms with Crippen molar-refractivity contribution < 1.29 is 22.3 Å². The van der Waals surface area contributed by atoms with Crippen molar-refractivity contribution in [3.05, 3.63) is 46.7 Å². The van der Waals surface area contributed by atoms with E-state index in [1.807, 2.05) is 4.72 Å². The number of pyridine rings is 1. The van der Waals surface area contributed by atoms with Crippen LogP contribution in [0.25, 0.3) is 16.6 Å². The van der Waals surface area contributed by atoms with E-state index in [4.69, 9.17) is 16.3 Å². The van der Waals surface area contributed by atoms with Crippen LogP contribution in [0.2, 0.25) is 5.02 Å². The predicted octanol–water partition coefficient (Wildman–Crippen LogP) is 3.20. The second-order valence-electron chi connectivity index (χ2n) is 7.42. The molecule has 3 aromatic rings. The van der Waals surface area contributed by atoms with Crippen LogP contribution >= 0.6 is 11.6 Å². The highest BCUT2D eigenvalue weighted by molar-refractivity contribution is 7.89. The number of carbonyl (C=O) groups excluding carboxylic acids is 1. The second-order valence-corrected chi connectivity index (χ2v) is 9.58. The van der Waals surface area contributed by atoms with Gasteiger partial charge in [0, 0.05) is 10.9 Å². The molecule has 0 spiro atoms. The molecule has 1 aromatic carbocycles. The quantitative estimate of drug-likeness (QED) is 0.613. The lowest BCUT2D eigenvalue weighted by molar-refractivity contribution is 0.0981. The largest absolute Gasteiger partial charge is 0.473 e. The molecule has 1 N–H and O–H groups in total. The van der Waals surface area contributed by atoms with Gasteiger partial charge < -0.3 is 4.74 Å². The third-order valence-corrected chi connectivity index (χ3v) is 4.82. The molecule has 1 amide bonds. The number of rotatable bonds is 6. The van der Waals surface area contributed by atoms with Gasteiger partial charge in [-0.3, -0.25) is 4.79 Å². The number of aryl methyl sites for hydroxylation is 1. The maximum absolute atomic E-state index is 13.6. The number of alkyl halides is 1. The maximum atomic E-state index is 13.6. The summed E-state index contributed by atoms with van der Waals surface area (Å²) < 4.78 is 45.1. The average Bonchev–Trinajstić information content (AvgIpc) is 2.95. The molecular formula is C19H20ClFN4O4S. The molecule has 0 fully saturated rings. The number of aromatic nitrogens is 3. The molecule has 0 atom stereocenters. The molecule has 0 saturated heterocycles. The minimum Gasteiger partial charge on any atom is -0.473 e. The minimum absolute atomic E-state index is 0.110. The summed E-state index contributed by atoms with van der Waals surface area (Å²) in [7, 11) is -3.67. The van der Waals surface area contributed by atoms with E-state index in [2.05, 4.69) is 10.1 Å². The zero-order valence-corrected chi connectivity index (χ0v) is 18.3. The Morgan fingerprint density at radius 3 is 2.63 bits per heavy atom. The van der Waals surface area contributed by atoms with Crippen LogP contribution in [0.4, 0.5) is 4.39 Å². The van der Waals surface area contributed by atoms with Gasteiger partial charge in [0.25, 0.3) is 5.91 Å². The van der Waals surface area contributed by atoms with Crippen molar-refractivity contribution in [3.63, 3.8) is 0 Å². The SMILES string of the molecule is Cc1nn(-c2cnc(OCC(C)(C)F)c(Cl)c2)c2ccc(C(=O)NS(C)(=O)=O)cc12. The van der Waals surface area contributed by atoms with Crippen molar-refractivity contribution in [2.75, 3.05) is 12.9 Å². The van der Waals surface area contributed by atoms with E-state index < -0.39 is 21.6 Å². The van der Waals surface area contributed by atoms with Crippen LogP contribution < -0.4 is 9.46 Å². The molecule has 0 bridgehead atoms. The van der Waals surface area contributed by atoms with Gasteiger partial charge in [-0.2, -0.15) is 5.10 Å². The fraction of sp³-hybridized carbons (Fsp3) is 0.316. The highest BCUT2D eigenvalue weighted by Crippen LogP contribution is 2.28. The van der Waals surface area contributed by atoms with E-state index in [0.717, 1.165) is 6.26 Å². The van der Waals surface area contributed by atoms with Gasteiger partial charge in [-0.1, -0.05) is 11.6 Å². The molecule has 2 aromatic heterocycles. The maximum Gasteiger partial charge on any atom is 0.264 e. The summed E-state index contributed by atoms with van der Waals surface area (Å²) in [4.78, 5) is 16.3. The zero-order chi connectivity index (χ0) is 22.3. The number of carbonyl (C=O) groups is 1. The molecule has 0 aliphatic carbocycles. The molecule has 2 heterocycles. The van der Waals surface area contributed by atoms with Crippen molar-refractivity contribution in [2.45, 2.75) is 26.4 Å². The molecular weight excluding hydrogens is 435 g/mol. The third-order valence-electron chi connectivity index (χ3n) is 3.99. The molecule has 11 heteroatoms. The third kappa shape index (κ3) is 5.06. The van der Waals surface area contributed by atoms with Crippen LogP contribution in [0.15, 0.2) is 30.5 Å². The first-order valence-corrected chi connectivity index (χ1v) is 11.1. The molecule has 0 unspecified atom stereocenters. The van der Waals surface area contributed by atoms with Crippen molar-refractivity contribution in [1.29, 1.82) is 0 Å². The first-order chi connectivity index (χ1) is 13.8.